The Balaban J connectivity index is 2.10. The molecule has 10 heteroatoms. The molecule has 0 aliphatic heterocycles. The van der Waals surface area contributed by atoms with Gasteiger partial charge in [-0.1, -0.05) is 42.5 Å². The molecular weight excluding hydrogens is 440 g/mol. The summed E-state index contributed by atoms with van der Waals surface area (Å²) in [5, 5.41) is 22.2. The van der Waals surface area contributed by atoms with Crippen LogP contribution in [0.3, 0.4) is 0 Å². The summed E-state index contributed by atoms with van der Waals surface area (Å²) >= 11 is 0. The van der Waals surface area contributed by atoms with Gasteiger partial charge in [-0.15, -0.1) is 0 Å². The molecule has 0 saturated heterocycles. The molecule has 0 saturated carbocycles. The number of carbonyl (C=O) groups excluding carboxylic acids is 2. The lowest BCUT2D eigenvalue weighted by atomic mass is 10.1. The number of amides is 1. The van der Waals surface area contributed by atoms with Gasteiger partial charge in [0.25, 0.3) is 11.5 Å². The van der Waals surface area contributed by atoms with Crippen LogP contribution in [0.25, 0.3) is 0 Å². The second kappa shape index (κ2) is 10.8. The van der Waals surface area contributed by atoms with Gasteiger partial charge in [-0.05, 0) is 30.2 Å². The average Bonchev–Trinajstić information content (AvgIpc) is 2.84. The van der Waals surface area contributed by atoms with Crippen molar-refractivity contribution in [3.8, 4) is 11.9 Å². The van der Waals surface area contributed by atoms with Crippen LogP contribution in [-0.2, 0) is 22.6 Å². The van der Waals surface area contributed by atoms with E-state index in [1.807, 2.05) is 6.07 Å². The van der Waals surface area contributed by atoms with Crippen LogP contribution >= 0.6 is 0 Å². The average molecular weight is 462 g/mol. The van der Waals surface area contributed by atoms with E-state index in [4.69, 9.17) is 10.00 Å². The van der Waals surface area contributed by atoms with Gasteiger partial charge in [-0.2, -0.15) is 5.26 Å². The molecule has 0 atom stereocenters. The Bertz CT molecular complexity index is 1370. The molecule has 0 spiro atoms. The topological polar surface area (TPSA) is 143 Å². The van der Waals surface area contributed by atoms with Crippen molar-refractivity contribution in [1.82, 2.24) is 14.5 Å². The molecule has 0 unspecified atom stereocenters. The van der Waals surface area contributed by atoms with Crippen LogP contribution in [-0.4, -0.2) is 39.3 Å². The van der Waals surface area contributed by atoms with E-state index in [0.717, 1.165) is 9.13 Å². The van der Waals surface area contributed by atoms with E-state index in [2.05, 4.69) is 5.32 Å². The third-order valence-electron chi connectivity index (χ3n) is 4.91. The number of hydrogen-bond acceptors (Lipinski definition) is 7. The van der Waals surface area contributed by atoms with Crippen LogP contribution < -0.4 is 16.6 Å². The van der Waals surface area contributed by atoms with Crippen LogP contribution in [0.5, 0.6) is 5.88 Å². The van der Waals surface area contributed by atoms with Gasteiger partial charge in [-0.25, -0.2) is 4.79 Å². The highest BCUT2D eigenvalue weighted by atomic mass is 16.5. The summed E-state index contributed by atoms with van der Waals surface area (Å²) < 4.78 is 6.46. The van der Waals surface area contributed by atoms with Gasteiger partial charge < -0.3 is 15.2 Å². The lowest BCUT2D eigenvalue weighted by Crippen LogP contribution is -2.45. The third-order valence-corrected chi connectivity index (χ3v) is 4.91. The number of nitrogens with zero attached hydrogens (tertiary/aromatic N) is 3. The smallest absolute Gasteiger partial charge is 0.334 e. The molecule has 3 rings (SSSR count). The van der Waals surface area contributed by atoms with Crippen molar-refractivity contribution in [2.45, 2.75) is 20.0 Å². The molecule has 0 radical (unpaired) electrons. The van der Waals surface area contributed by atoms with Crippen LogP contribution in [0.2, 0.25) is 0 Å². The Morgan fingerprint density at radius 3 is 2.38 bits per heavy atom. The zero-order valence-electron chi connectivity index (χ0n) is 18.4. The number of carbonyl (C=O) groups is 2. The Morgan fingerprint density at radius 1 is 1.03 bits per heavy atom. The van der Waals surface area contributed by atoms with Crippen molar-refractivity contribution in [3.05, 3.63) is 97.7 Å². The normalized spacial score (nSPS) is 10.4. The van der Waals surface area contributed by atoms with Crippen LogP contribution in [0.4, 0.5) is 0 Å². The minimum atomic E-state index is -1.03. The number of hydrogen-bond donors (Lipinski definition) is 2. The highest BCUT2D eigenvalue weighted by Gasteiger charge is 2.25. The van der Waals surface area contributed by atoms with Crippen molar-refractivity contribution in [2.24, 2.45) is 0 Å². The summed E-state index contributed by atoms with van der Waals surface area (Å²) in [4.78, 5) is 50.7. The van der Waals surface area contributed by atoms with Gasteiger partial charge >= 0.3 is 11.7 Å². The number of ether oxygens (including phenoxy) is 1. The fraction of sp³-hybridized carbons (Fsp3) is 0.208. The summed E-state index contributed by atoms with van der Waals surface area (Å²) in [5.74, 6) is -2.60. The summed E-state index contributed by atoms with van der Waals surface area (Å²) in [5.41, 5.74) is -1.06. The van der Waals surface area contributed by atoms with Gasteiger partial charge in [0.1, 0.15) is 6.54 Å². The molecule has 2 aromatic carbocycles. The number of nitrogens with one attached hydrogen (secondary N) is 1. The minimum absolute atomic E-state index is 0.108. The summed E-state index contributed by atoms with van der Waals surface area (Å²) in [7, 11) is 0. The number of nitriles is 1. The lowest BCUT2D eigenvalue weighted by molar-refractivity contribution is -0.141. The maximum atomic E-state index is 13.2. The first-order chi connectivity index (χ1) is 16.3. The van der Waals surface area contributed by atoms with E-state index in [0.29, 0.717) is 16.7 Å². The molecule has 3 aromatic rings. The van der Waals surface area contributed by atoms with E-state index in [-0.39, 0.29) is 19.7 Å². The first-order valence-electron chi connectivity index (χ1n) is 10.4. The van der Waals surface area contributed by atoms with Gasteiger partial charge in [0.2, 0.25) is 5.88 Å². The monoisotopic (exact) mass is 462 g/mol. The number of esters is 1. The van der Waals surface area contributed by atoms with E-state index in [1.54, 1.807) is 55.5 Å². The van der Waals surface area contributed by atoms with Gasteiger partial charge in [0.15, 0.2) is 5.56 Å². The Hall–Kier alpha value is -4.65. The fourth-order valence-corrected chi connectivity index (χ4v) is 3.31. The quantitative estimate of drug-likeness (QED) is 0.475. The van der Waals surface area contributed by atoms with Gasteiger partial charge in [0, 0.05) is 0 Å². The summed E-state index contributed by atoms with van der Waals surface area (Å²) in [6.07, 6.45) is 0. The lowest BCUT2D eigenvalue weighted by Gasteiger charge is -2.16. The van der Waals surface area contributed by atoms with Crippen molar-refractivity contribution in [3.63, 3.8) is 0 Å². The highest BCUT2D eigenvalue weighted by Crippen LogP contribution is 2.15. The summed E-state index contributed by atoms with van der Waals surface area (Å²) in [6, 6.07) is 17.0. The maximum absolute atomic E-state index is 13.2. The third kappa shape index (κ3) is 5.39. The van der Waals surface area contributed by atoms with Crippen LogP contribution in [0.15, 0.2) is 64.2 Å². The van der Waals surface area contributed by atoms with Crippen LogP contribution in [0, 0.1) is 11.3 Å². The molecule has 0 bridgehead atoms. The standard InChI is InChI=1S/C24H22N4O6/c1-2-34-19(29)13-26-21(30)20-22(31)27(14-16-7-4-3-5-8-16)24(33)28(23(20)32)15-18-10-6-9-17(11-18)12-25/h3-11,32H,2,13-15H2,1H3,(H,26,30). The van der Waals surface area contributed by atoms with Crippen molar-refractivity contribution in [2.75, 3.05) is 13.2 Å². The molecule has 0 fully saturated rings. The molecule has 174 valence electrons. The molecule has 2 N–H and O–H groups in total. The van der Waals surface area contributed by atoms with Crippen molar-refractivity contribution >= 4 is 11.9 Å². The number of aromatic nitrogens is 2. The molecule has 0 aliphatic carbocycles. The zero-order chi connectivity index (χ0) is 24.7. The minimum Gasteiger partial charge on any atom is -0.494 e. The number of rotatable bonds is 8. The Morgan fingerprint density at radius 2 is 1.71 bits per heavy atom. The van der Waals surface area contributed by atoms with E-state index in [9.17, 15) is 24.3 Å². The van der Waals surface area contributed by atoms with Gasteiger partial charge in [-0.3, -0.25) is 23.5 Å². The molecule has 1 aromatic heterocycles. The predicted molar refractivity (Wildman–Crippen MR) is 121 cm³/mol. The molecule has 10 nitrogen and oxygen atoms in total. The largest absolute Gasteiger partial charge is 0.494 e. The van der Waals surface area contributed by atoms with Gasteiger partial charge in [0.05, 0.1) is 31.3 Å². The molecule has 1 heterocycles. The second-order valence-electron chi connectivity index (χ2n) is 7.24. The van der Waals surface area contributed by atoms with E-state index < -0.39 is 41.1 Å². The summed E-state index contributed by atoms with van der Waals surface area (Å²) in [6.45, 7) is 0.845. The van der Waals surface area contributed by atoms with Crippen LogP contribution in [0.1, 0.15) is 34.0 Å². The molecule has 1 amide bonds. The van der Waals surface area contributed by atoms with Crippen molar-refractivity contribution < 1.29 is 19.4 Å². The van der Waals surface area contributed by atoms with E-state index >= 15 is 0 Å². The number of benzene rings is 2. The molecule has 0 aliphatic rings. The molecule has 34 heavy (non-hydrogen) atoms. The molecular formula is C24H22N4O6. The fourth-order valence-electron chi connectivity index (χ4n) is 3.31. The van der Waals surface area contributed by atoms with Crippen molar-refractivity contribution in [1.29, 1.82) is 5.26 Å². The number of aromatic hydroxyl groups is 1. The Labute approximate surface area is 194 Å². The first kappa shape index (κ1) is 24.0. The first-order valence-corrected chi connectivity index (χ1v) is 10.4. The predicted octanol–water partition coefficient (Wildman–Crippen LogP) is 0.977. The zero-order valence-corrected chi connectivity index (χ0v) is 18.4. The SMILES string of the molecule is CCOC(=O)CNC(=O)c1c(O)n(Cc2cccc(C#N)c2)c(=O)n(Cc2ccccc2)c1=O. The maximum Gasteiger partial charge on any atom is 0.334 e. The van der Waals surface area contributed by atoms with E-state index in [1.165, 1.54) is 6.07 Å². The second-order valence-corrected chi connectivity index (χ2v) is 7.24. The highest BCUT2D eigenvalue weighted by molar-refractivity contribution is 5.97. The Kier molecular flexibility index (Phi) is 7.61.